The number of thiophene rings is 1. The van der Waals surface area contributed by atoms with Crippen LogP contribution in [0.15, 0.2) is 42.5 Å². The largest absolute Gasteiger partial charge is 0.350 e. The number of hydrogen-bond acceptors (Lipinski definition) is 3. The summed E-state index contributed by atoms with van der Waals surface area (Å²) in [5, 5.41) is 10.1. The van der Waals surface area contributed by atoms with Gasteiger partial charge < -0.3 is 5.73 Å². The third kappa shape index (κ3) is 3.59. The summed E-state index contributed by atoms with van der Waals surface area (Å²) in [6.07, 6.45) is 1.93. The van der Waals surface area contributed by atoms with Crippen LogP contribution in [0.25, 0.3) is 0 Å². The normalized spacial score (nSPS) is 12.1. The highest BCUT2D eigenvalue weighted by Crippen LogP contribution is 2.27. The first kappa shape index (κ1) is 14.6. The predicted molar refractivity (Wildman–Crippen MR) is 79.8 cm³/mol. The van der Waals surface area contributed by atoms with E-state index in [1.54, 1.807) is 18.3 Å². The fraction of sp³-hybridized carbons (Fsp3) is 0.267. The van der Waals surface area contributed by atoms with Crippen LogP contribution in [0.2, 0.25) is 0 Å². The van der Waals surface area contributed by atoms with Crippen molar-refractivity contribution in [3.05, 3.63) is 57.8 Å². The van der Waals surface area contributed by atoms with Crippen LogP contribution < -0.4 is 5.73 Å². The summed E-state index contributed by atoms with van der Waals surface area (Å²) in [4.78, 5) is 13.1. The van der Waals surface area contributed by atoms with E-state index in [1.807, 2.05) is 30.3 Å². The maximum Gasteiger partial charge on any atom is 0.339 e. The number of nitrogens with two attached hydrogens (primary N) is 1. The minimum atomic E-state index is -0.836. The Balaban J connectivity index is 1.97. The Hall–Kier alpha value is -1.85. The van der Waals surface area contributed by atoms with Gasteiger partial charge in [-0.3, -0.25) is 5.21 Å². The first-order valence-electron chi connectivity index (χ1n) is 6.48. The average Bonchev–Trinajstić information content (AvgIpc) is 2.93. The number of benzene rings is 1. The van der Waals surface area contributed by atoms with Crippen molar-refractivity contribution in [2.45, 2.75) is 25.8 Å². The van der Waals surface area contributed by atoms with Crippen molar-refractivity contribution in [2.24, 2.45) is 5.73 Å². The highest BCUT2D eigenvalue weighted by atomic mass is 32.1. The van der Waals surface area contributed by atoms with Gasteiger partial charge in [0.2, 0.25) is 0 Å². The third-order valence-electron chi connectivity index (χ3n) is 3.19. The fourth-order valence-corrected chi connectivity index (χ4v) is 3.03. The average molecular weight is 290 g/mol. The lowest BCUT2D eigenvalue weighted by molar-refractivity contribution is -0.0700. The number of hydrogen-bond donors (Lipinski definition) is 2. The number of carbonyl (C=O) groups is 1. The Morgan fingerprint density at radius 1 is 1.25 bits per heavy atom. The van der Waals surface area contributed by atoms with Crippen molar-refractivity contribution in [1.82, 2.24) is 5.06 Å². The molecule has 2 aromatic rings. The van der Waals surface area contributed by atoms with Gasteiger partial charge in [-0.1, -0.05) is 30.3 Å². The molecule has 0 spiro atoms. The minimum Gasteiger partial charge on any atom is -0.350 e. The summed E-state index contributed by atoms with van der Waals surface area (Å²) >= 11 is 1.60. The minimum absolute atomic E-state index is 0.414. The molecule has 0 aliphatic rings. The van der Waals surface area contributed by atoms with E-state index in [0.29, 0.717) is 5.06 Å². The molecule has 0 saturated carbocycles. The van der Waals surface area contributed by atoms with Crippen LogP contribution >= 0.6 is 11.3 Å². The highest BCUT2D eigenvalue weighted by Gasteiger charge is 2.18. The van der Waals surface area contributed by atoms with Crippen LogP contribution in [0.4, 0.5) is 4.79 Å². The molecule has 1 aromatic heterocycles. The SMILES string of the molecule is CC(c1ccc(CCc2ccccc2)s1)N(O)C(N)=O. The maximum absolute atomic E-state index is 10.9. The smallest absolute Gasteiger partial charge is 0.339 e. The van der Waals surface area contributed by atoms with Crippen molar-refractivity contribution in [2.75, 3.05) is 0 Å². The number of carbonyl (C=O) groups excluding carboxylic acids is 1. The van der Waals surface area contributed by atoms with Crippen LogP contribution in [0, 0.1) is 0 Å². The summed E-state index contributed by atoms with van der Waals surface area (Å²) in [5.74, 6) is 0. The number of rotatable bonds is 5. The number of primary amides is 1. The standard InChI is InChI=1S/C15H18N2O2S/c1-11(17(19)15(16)18)14-10-9-13(20-14)8-7-12-5-3-2-4-6-12/h2-6,9-11,19H,7-8H2,1H3,(H2,16,18). The van der Waals surface area contributed by atoms with Gasteiger partial charge in [-0.2, -0.15) is 5.06 Å². The molecule has 0 aliphatic heterocycles. The van der Waals surface area contributed by atoms with E-state index in [0.717, 1.165) is 17.7 Å². The molecule has 1 heterocycles. The van der Waals surface area contributed by atoms with Crippen LogP contribution in [-0.2, 0) is 12.8 Å². The zero-order valence-electron chi connectivity index (χ0n) is 11.3. The van der Waals surface area contributed by atoms with Gasteiger partial charge in [-0.15, -0.1) is 11.3 Å². The van der Waals surface area contributed by atoms with E-state index in [9.17, 15) is 10.0 Å². The van der Waals surface area contributed by atoms with Gasteiger partial charge in [0.1, 0.15) is 0 Å². The van der Waals surface area contributed by atoms with Crippen molar-refractivity contribution < 1.29 is 10.0 Å². The zero-order valence-corrected chi connectivity index (χ0v) is 12.1. The van der Waals surface area contributed by atoms with E-state index in [-0.39, 0.29) is 0 Å². The van der Waals surface area contributed by atoms with Crippen LogP contribution in [0.1, 0.15) is 28.3 Å². The van der Waals surface area contributed by atoms with Crippen molar-refractivity contribution in [3.63, 3.8) is 0 Å². The summed E-state index contributed by atoms with van der Waals surface area (Å²) in [7, 11) is 0. The predicted octanol–water partition coefficient (Wildman–Crippen LogP) is 3.36. The lowest BCUT2D eigenvalue weighted by atomic mass is 10.1. The van der Waals surface area contributed by atoms with Crippen LogP contribution in [-0.4, -0.2) is 16.3 Å². The lowest BCUT2D eigenvalue weighted by Crippen LogP contribution is -2.34. The summed E-state index contributed by atoms with van der Waals surface area (Å²) in [6.45, 7) is 1.75. The molecule has 1 unspecified atom stereocenters. The quantitative estimate of drug-likeness (QED) is 0.655. The Kier molecular flexibility index (Phi) is 4.76. The number of urea groups is 1. The molecule has 2 rings (SSSR count). The maximum atomic E-state index is 10.9. The molecule has 3 N–H and O–H groups in total. The fourth-order valence-electron chi connectivity index (χ4n) is 1.98. The molecule has 0 bridgehead atoms. The first-order chi connectivity index (χ1) is 9.58. The second kappa shape index (κ2) is 6.54. The van der Waals surface area contributed by atoms with Gasteiger partial charge in [0.15, 0.2) is 0 Å². The molecule has 0 fully saturated rings. The number of hydroxylamine groups is 2. The van der Waals surface area contributed by atoms with Crippen molar-refractivity contribution >= 4 is 17.4 Å². The lowest BCUT2D eigenvalue weighted by Gasteiger charge is -2.18. The molecule has 1 atom stereocenters. The Morgan fingerprint density at radius 2 is 1.95 bits per heavy atom. The number of aryl methyl sites for hydroxylation is 2. The van der Waals surface area contributed by atoms with Crippen molar-refractivity contribution in [3.8, 4) is 0 Å². The summed E-state index contributed by atoms with van der Waals surface area (Å²) in [5.41, 5.74) is 6.36. The van der Waals surface area contributed by atoms with Gasteiger partial charge in [-0.25, -0.2) is 4.79 Å². The number of nitrogens with zero attached hydrogens (tertiary/aromatic N) is 1. The summed E-state index contributed by atoms with van der Waals surface area (Å²) < 4.78 is 0. The van der Waals surface area contributed by atoms with Crippen LogP contribution in [0.3, 0.4) is 0 Å². The molecule has 0 radical (unpaired) electrons. The van der Waals surface area contributed by atoms with E-state index in [2.05, 4.69) is 12.1 Å². The number of amides is 2. The van der Waals surface area contributed by atoms with Crippen molar-refractivity contribution in [1.29, 1.82) is 0 Å². The molecule has 20 heavy (non-hydrogen) atoms. The molecule has 0 aliphatic carbocycles. The van der Waals surface area contributed by atoms with Gasteiger partial charge in [0, 0.05) is 9.75 Å². The van der Waals surface area contributed by atoms with E-state index < -0.39 is 12.1 Å². The van der Waals surface area contributed by atoms with Gasteiger partial charge in [-0.05, 0) is 37.5 Å². The highest BCUT2D eigenvalue weighted by molar-refractivity contribution is 7.12. The van der Waals surface area contributed by atoms with E-state index >= 15 is 0 Å². The second-order valence-corrected chi connectivity index (χ2v) is 5.85. The topological polar surface area (TPSA) is 66.6 Å². The molecule has 5 heteroatoms. The summed E-state index contributed by atoms with van der Waals surface area (Å²) in [6, 6.07) is 13.0. The molecule has 2 amide bonds. The molecule has 4 nitrogen and oxygen atoms in total. The monoisotopic (exact) mass is 290 g/mol. The molecular weight excluding hydrogens is 272 g/mol. The molecule has 106 valence electrons. The molecular formula is C15H18N2O2S. The van der Waals surface area contributed by atoms with E-state index in [4.69, 9.17) is 5.73 Å². The Labute approximate surface area is 122 Å². The van der Waals surface area contributed by atoms with Crippen LogP contribution in [0.5, 0.6) is 0 Å². The molecule has 1 aromatic carbocycles. The molecule has 0 saturated heterocycles. The van der Waals surface area contributed by atoms with Gasteiger partial charge >= 0.3 is 6.03 Å². The third-order valence-corrected chi connectivity index (χ3v) is 4.51. The Morgan fingerprint density at radius 3 is 2.60 bits per heavy atom. The van der Waals surface area contributed by atoms with Gasteiger partial charge in [0.25, 0.3) is 0 Å². The van der Waals surface area contributed by atoms with Gasteiger partial charge in [0.05, 0.1) is 6.04 Å². The second-order valence-electron chi connectivity index (χ2n) is 4.65. The van der Waals surface area contributed by atoms with E-state index in [1.165, 1.54) is 10.4 Å². The Bertz CT molecular complexity index is 568. The first-order valence-corrected chi connectivity index (χ1v) is 7.29. The zero-order chi connectivity index (χ0) is 14.5.